The van der Waals surface area contributed by atoms with Crippen molar-refractivity contribution >= 4 is 34.9 Å². The van der Waals surface area contributed by atoms with Gasteiger partial charge in [0.1, 0.15) is 0 Å². The first-order valence-electron chi connectivity index (χ1n) is 11.1. The third-order valence-electron chi connectivity index (χ3n) is 6.06. The fourth-order valence-electron chi connectivity index (χ4n) is 4.11. The summed E-state index contributed by atoms with van der Waals surface area (Å²) in [5.74, 6) is 0.0713. The van der Waals surface area contributed by atoms with E-state index in [9.17, 15) is 14.4 Å². The predicted octanol–water partition coefficient (Wildman–Crippen LogP) is 4.69. The minimum atomic E-state index is -0.475. The number of aromatic nitrogens is 3. The number of benzene rings is 3. The van der Waals surface area contributed by atoms with Crippen molar-refractivity contribution in [3.05, 3.63) is 94.5 Å². The highest BCUT2D eigenvalue weighted by atomic mass is 32.2. The zero-order valence-corrected chi connectivity index (χ0v) is 20.2. The zero-order chi connectivity index (χ0) is 24.7. The van der Waals surface area contributed by atoms with E-state index in [0.29, 0.717) is 33.1 Å². The Labute approximate surface area is 206 Å². The van der Waals surface area contributed by atoms with E-state index in [1.54, 1.807) is 49.4 Å². The van der Waals surface area contributed by atoms with Crippen LogP contribution in [0.5, 0.6) is 0 Å². The molecule has 5 rings (SSSR count). The highest BCUT2D eigenvalue weighted by Gasteiger charge is 2.29. The molecule has 1 unspecified atom stereocenters. The summed E-state index contributed by atoms with van der Waals surface area (Å²) in [6.07, 6.45) is 0. The van der Waals surface area contributed by atoms with Crippen molar-refractivity contribution in [3.8, 4) is 11.4 Å². The Bertz CT molecular complexity index is 1510. The van der Waals surface area contributed by atoms with Gasteiger partial charge in [-0.05, 0) is 37.6 Å². The third kappa shape index (κ3) is 4.06. The maximum absolute atomic E-state index is 13.0. The number of hydrogen-bond donors (Lipinski definition) is 1. The highest BCUT2D eigenvalue weighted by Crippen LogP contribution is 2.30. The fraction of sp³-hybridized carbons (Fsp3) is 0.148. The van der Waals surface area contributed by atoms with Crippen molar-refractivity contribution in [3.63, 3.8) is 0 Å². The van der Waals surface area contributed by atoms with Gasteiger partial charge in [0.25, 0.3) is 0 Å². The first-order chi connectivity index (χ1) is 16.8. The van der Waals surface area contributed by atoms with Gasteiger partial charge in [0.15, 0.2) is 22.5 Å². The van der Waals surface area contributed by atoms with Crippen LogP contribution in [0.2, 0.25) is 0 Å². The van der Waals surface area contributed by atoms with Gasteiger partial charge in [-0.25, -0.2) is 0 Å². The SMILES string of the molecule is Cc1ccccc1-c1nnc(SC(C)C(=O)Nc2ccc3c(c2)C(=O)c2ccccc2C3=O)n1C. The number of nitrogens with one attached hydrogen (secondary N) is 1. The van der Waals surface area contributed by atoms with Crippen molar-refractivity contribution in [1.29, 1.82) is 0 Å². The Balaban J connectivity index is 1.33. The number of aryl methyl sites for hydroxylation is 1. The molecule has 0 bridgehead atoms. The zero-order valence-electron chi connectivity index (χ0n) is 19.4. The number of rotatable bonds is 5. The molecule has 1 N–H and O–H groups in total. The van der Waals surface area contributed by atoms with Crippen molar-refractivity contribution in [2.75, 3.05) is 5.32 Å². The lowest BCUT2D eigenvalue weighted by atomic mass is 9.84. The van der Waals surface area contributed by atoms with Crippen LogP contribution >= 0.6 is 11.8 Å². The molecule has 0 spiro atoms. The normalized spacial score (nSPS) is 13.2. The van der Waals surface area contributed by atoms with Crippen LogP contribution in [0.4, 0.5) is 5.69 Å². The number of carbonyl (C=O) groups is 3. The van der Waals surface area contributed by atoms with Gasteiger partial charge in [0.2, 0.25) is 5.91 Å². The molecule has 174 valence electrons. The lowest BCUT2D eigenvalue weighted by Gasteiger charge is -2.18. The molecule has 0 saturated carbocycles. The minimum Gasteiger partial charge on any atom is -0.325 e. The molecule has 3 aromatic carbocycles. The quantitative estimate of drug-likeness (QED) is 0.366. The fourth-order valence-corrected chi connectivity index (χ4v) is 4.92. The molecule has 0 radical (unpaired) electrons. The Morgan fingerprint density at radius 2 is 1.46 bits per heavy atom. The van der Waals surface area contributed by atoms with Crippen LogP contribution in [0.25, 0.3) is 11.4 Å². The number of nitrogens with zero attached hydrogens (tertiary/aromatic N) is 3. The molecule has 8 heteroatoms. The van der Waals surface area contributed by atoms with Gasteiger partial charge in [0, 0.05) is 40.6 Å². The average molecular weight is 483 g/mol. The molecule has 1 aliphatic carbocycles. The summed E-state index contributed by atoms with van der Waals surface area (Å²) in [5.41, 5.74) is 3.96. The van der Waals surface area contributed by atoms with Crippen LogP contribution in [-0.4, -0.2) is 37.5 Å². The number of anilines is 1. The molecule has 0 aliphatic heterocycles. The highest BCUT2D eigenvalue weighted by molar-refractivity contribution is 8.00. The van der Waals surface area contributed by atoms with Crippen molar-refractivity contribution < 1.29 is 14.4 Å². The standard InChI is InChI=1S/C27H22N4O3S/c1-15-8-4-5-9-18(15)25-29-30-27(31(25)3)35-16(2)26(34)28-17-12-13-21-22(14-17)24(33)20-11-7-6-10-19(20)23(21)32/h4-14,16H,1-3H3,(H,28,34). The van der Waals surface area contributed by atoms with Crippen molar-refractivity contribution in [1.82, 2.24) is 14.8 Å². The van der Waals surface area contributed by atoms with Gasteiger partial charge in [-0.2, -0.15) is 0 Å². The van der Waals surface area contributed by atoms with Gasteiger partial charge in [-0.3, -0.25) is 14.4 Å². The van der Waals surface area contributed by atoms with Gasteiger partial charge in [-0.1, -0.05) is 60.3 Å². The largest absolute Gasteiger partial charge is 0.325 e. The second-order valence-corrected chi connectivity index (χ2v) is 9.70. The van der Waals surface area contributed by atoms with E-state index in [4.69, 9.17) is 0 Å². The second-order valence-electron chi connectivity index (χ2n) is 8.39. The Hall–Kier alpha value is -4.04. The van der Waals surface area contributed by atoms with Gasteiger partial charge >= 0.3 is 0 Å². The minimum absolute atomic E-state index is 0.191. The number of amides is 1. The summed E-state index contributed by atoms with van der Waals surface area (Å²) in [6, 6.07) is 19.5. The van der Waals surface area contributed by atoms with Crippen LogP contribution in [0.1, 0.15) is 44.3 Å². The molecule has 1 aliphatic rings. The first kappa shape index (κ1) is 22.7. The molecule has 1 amide bonds. The van der Waals surface area contributed by atoms with E-state index in [2.05, 4.69) is 15.5 Å². The molecule has 1 heterocycles. The maximum atomic E-state index is 13.0. The molecular weight excluding hydrogens is 460 g/mol. The number of carbonyl (C=O) groups excluding carboxylic acids is 3. The number of thioether (sulfide) groups is 1. The number of ketones is 2. The molecule has 35 heavy (non-hydrogen) atoms. The van der Waals surface area contributed by atoms with E-state index in [1.165, 1.54) is 11.8 Å². The molecular formula is C27H22N4O3S. The van der Waals surface area contributed by atoms with E-state index in [1.807, 2.05) is 42.8 Å². The van der Waals surface area contributed by atoms with E-state index < -0.39 is 5.25 Å². The summed E-state index contributed by atoms with van der Waals surface area (Å²) in [4.78, 5) is 38.7. The topological polar surface area (TPSA) is 94.0 Å². The number of fused-ring (bicyclic) bond motifs is 2. The smallest absolute Gasteiger partial charge is 0.237 e. The number of hydrogen-bond acceptors (Lipinski definition) is 6. The lowest BCUT2D eigenvalue weighted by molar-refractivity contribution is -0.115. The van der Waals surface area contributed by atoms with Crippen molar-refractivity contribution in [2.45, 2.75) is 24.3 Å². The maximum Gasteiger partial charge on any atom is 0.237 e. The van der Waals surface area contributed by atoms with Gasteiger partial charge in [0.05, 0.1) is 5.25 Å². The van der Waals surface area contributed by atoms with Crippen LogP contribution in [0, 0.1) is 6.92 Å². The summed E-state index contributed by atoms with van der Waals surface area (Å²) in [7, 11) is 1.87. The Kier molecular flexibility index (Phi) is 5.82. The Morgan fingerprint density at radius 3 is 2.14 bits per heavy atom. The van der Waals surface area contributed by atoms with E-state index in [-0.39, 0.29) is 17.5 Å². The average Bonchev–Trinajstić information content (AvgIpc) is 3.22. The summed E-state index contributed by atoms with van der Waals surface area (Å²) >= 11 is 1.30. The molecule has 0 saturated heterocycles. The van der Waals surface area contributed by atoms with Crippen LogP contribution in [-0.2, 0) is 11.8 Å². The van der Waals surface area contributed by atoms with Gasteiger partial charge in [-0.15, -0.1) is 10.2 Å². The predicted molar refractivity (Wildman–Crippen MR) is 135 cm³/mol. The second kappa shape index (κ2) is 8.96. The molecule has 0 fully saturated rings. The molecule has 1 atom stereocenters. The molecule has 7 nitrogen and oxygen atoms in total. The van der Waals surface area contributed by atoms with Crippen LogP contribution in [0.15, 0.2) is 71.9 Å². The molecule has 4 aromatic rings. The summed E-state index contributed by atoms with van der Waals surface area (Å²) in [5, 5.41) is 11.6. The van der Waals surface area contributed by atoms with E-state index in [0.717, 1.165) is 17.0 Å². The van der Waals surface area contributed by atoms with E-state index >= 15 is 0 Å². The summed E-state index contributed by atoms with van der Waals surface area (Å²) < 4.78 is 1.87. The van der Waals surface area contributed by atoms with Gasteiger partial charge < -0.3 is 9.88 Å². The first-order valence-corrected chi connectivity index (χ1v) is 12.0. The summed E-state index contributed by atoms with van der Waals surface area (Å²) in [6.45, 7) is 3.80. The van der Waals surface area contributed by atoms with Crippen molar-refractivity contribution in [2.24, 2.45) is 7.05 Å². The Morgan fingerprint density at radius 1 is 0.857 bits per heavy atom. The third-order valence-corrected chi connectivity index (χ3v) is 7.20. The van der Waals surface area contributed by atoms with Crippen LogP contribution in [0.3, 0.4) is 0 Å². The van der Waals surface area contributed by atoms with Crippen LogP contribution < -0.4 is 5.32 Å². The lowest BCUT2D eigenvalue weighted by Crippen LogP contribution is -2.24. The molecule has 1 aromatic heterocycles. The monoisotopic (exact) mass is 482 g/mol.